The Balaban J connectivity index is 2.21. The zero-order valence-corrected chi connectivity index (χ0v) is 11.8. The number of carbonyl (C=O) groups is 1. The van der Waals surface area contributed by atoms with Crippen LogP contribution in [0, 0.1) is 18.3 Å². The number of hydrogen-bond acceptors (Lipinski definition) is 3. The maximum atomic E-state index is 11.0. The molecular weight excluding hydrogens is 270 g/mol. The first kappa shape index (κ1) is 14.2. The Labute approximate surface area is 121 Å². The van der Waals surface area contributed by atoms with Gasteiger partial charge in [-0.1, -0.05) is 24.3 Å². The minimum absolute atomic E-state index is 0.284. The van der Waals surface area contributed by atoms with Gasteiger partial charge in [-0.15, -0.1) is 11.8 Å². The normalized spacial score (nSPS) is 10.0. The van der Waals surface area contributed by atoms with Crippen molar-refractivity contribution in [2.75, 3.05) is 0 Å². The van der Waals surface area contributed by atoms with Crippen molar-refractivity contribution in [2.45, 2.75) is 17.6 Å². The van der Waals surface area contributed by atoms with Gasteiger partial charge in [0.1, 0.15) is 0 Å². The van der Waals surface area contributed by atoms with E-state index in [1.165, 1.54) is 0 Å². The van der Waals surface area contributed by atoms with Crippen LogP contribution in [0.3, 0.4) is 0 Å². The number of rotatable bonds is 4. The number of carboxylic acid groups (broad SMARTS) is 1. The van der Waals surface area contributed by atoms with Crippen LogP contribution < -0.4 is 0 Å². The number of benzene rings is 2. The molecule has 0 aliphatic rings. The molecule has 0 heterocycles. The third-order valence-electron chi connectivity index (χ3n) is 2.96. The van der Waals surface area contributed by atoms with Crippen molar-refractivity contribution in [3.63, 3.8) is 0 Å². The highest BCUT2D eigenvalue weighted by molar-refractivity contribution is 7.98. The predicted molar refractivity (Wildman–Crippen MR) is 78.9 cm³/mol. The molecule has 0 fully saturated rings. The van der Waals surface area contributed by atoms with Gasteiger partial charge in [-0.05, 0) is 36.2 Å². The topological polar surface area (TPSA) is 61.1 Å². The summed E-state index contributed by atoms with van der Waals surface area (Å²) in [5.74, 6) is -0.280. The van der Waals surface area contributed by atoms with Gasteiger partial charge in [-0.3, -0.25) is 0 Å². The quantitative estimate of drug-likeness (QED) is 0.866. The Morgan fingerprint density at radius 3 is 2.75 bits per heavy atom. The van der Waals surface area contributed by atoms with E-state index in [-0.39, 0.29) is 5.56 Å². The molecule has 0 aromatic heterocycles. The number of hydrogen-bond donors (Lipinski definition) is 1. The third-order valence-corrected chi connectivity index (χ3v) is 4.16. The van der Waals surface area contributed by atoms with Crippen molar-refractivity contribution in [3.8, 4) is 6.07 Å². The zero-order valence-electron chi connectivity index (χ0n) is 11.0. The summed E-state index contributed by atoms with van der Waals surface area (Å²) in [7, 11) is 0. The average Bonchev–Trinajstić information content (AvgIpc) is 2.46. The summed E-state index contributed by atoms with van der Waals surface area (Å²) in [6.45, 7) is 1.95. The fourth-order valence-electron chi connectivity index (χ4n) is 1.80. The van der Waals surface area contributed by atoms with Crippen LogP contribution in [-0.2, 0) is 5.75 Å². The van der Waals surface area contributed by atoms with Gasteiger partial charge < -0.3 is 5.11 Å². The summed E-state index contributed by atoms with van der Waals surface area (Å²) in [6.07, 6.45) is 0. The molecule has 0 radical (unpaired) electrons. The van der Waals surface area contributed by atoms with E-state index in [9.17, 15) is 4.79 Å². The molecule has 2 aromatic rings. The lowest BCUT2D eigenvalue weighted by atomic mass is 10.1. The first-order valence-corrected chi connectivity index (χ1v) is 7.05. The first-order valence-electron chi connectivity index (χ1n) is 6.06. The summed E-state index contributed by atoms with van der Waals surface area (Å²) in [6, 6.07) is 14.7. The summed E-state index contributed by atoms with van der Waals surface area (Å²) in [4.78, 5) is 11.9. The molecule has 20 heavy (non-hydrogen) atoms. The van der Waals surface area contributed by atoms with Crippen molar-refractivity contribution in [2.24, 2.45) is 0 Å². The molecule has 0 spiro atoms. The lowest BCUT2D eigenvalue weighted by Crippen LogP contribution is -1.97. The lowest BCUT2D eigenvalue weighted by Gasteiger charge is -2.08. The Morgan fingerprint density at radius 2 is 2.05 bits per heavy atom. The van der Waals surface area contributed by atoms with Crippen LogP contribution in [-0.4, -0.2) is 11.1 Å². The van der Waals surface area contributed by atoms with Gasteiger partial charge in [0.05, 0.1) is 17.2 Å². The van der Waals surface area contributed by atoms with E-state index in [0.29, 0.717) is 11.3 Å². The lowest BCUT2D eigenvalue weighted by molar-refractivity contribution is 0.0696. The molecule has 0 bridgehead atoms. The molecule has 2 aromatic carbocycles. The molecule has 0 saturated carbocycles. The molecule has 2 rings (SSSR count). The van der Waals surface area contributed by atoms with Crippen LogP contribution in [0.15, 0.2) is 47.4 Å². The summed E-state index contributed by atoms with van der Waals surface area (Å²) < 4.78 is 0. The highest BCUT2D eigenvalue weighted by Crippen LogP contribution is 2.28. The Hall–Kier alpha value is -2.25. The maximum absolute atomic E-state index is 11.0. The molecule has 0 unspecified atom stereocenters. The van der Waals surface area contributed by atoms with Gasteiger partial charge >= 0.3 is 5.97 Å². The largest absolute Gasteiger partial charge is 0.478 e. The number of thioether (sulfide) groups is 1. The van der Waals surface area contributed by atoms with Gasteiger partial charge in [-0.25, -0.2) is 4.79 Å². The average molecular weight is 283 g/mol. The van der Waals surface area contributed by atoms with E-state index >= 15 is 0 Å². The molecule has 0 atom stereocenters. The Bertz CT molecular complexity index is 689. The molecule has 0 aliphatic carbocycles. The monoisotopic (exact) mass is 283 g/mol. The van der Waals surface area contributed by atoms with E-state index in [2.05, 4.69) is 6.07 Å². The van der Waals surface area contributed by atoms with Gasteiger partial charge in [0, 0.05) is 10.6 Å². The molecular formula is C16H13NO2S. The van der Waals surface area contributed by atoms with E-state index in [4.69, 9.17) is 10.4 Å². The fourth-order valence-corrected chi connectivity index (χ4v) is 2.87. The molecule has 100 valence electrons. The minimum atomic E-state index is -0.927. The summed E-state index contributed by atoms with van der Waals surface area (Å²) in [5.41, 5.74) is 2.94. The SMILES string of the molecule is Cc1ccc(C(=O)O)cc1SCc1ccccc1C#N. The zero-order chi connectivity index (χ0) is 14.5. The van der Waals surface area contributed by atoms with Crippen LogP contribution in [0.5, 0.6) is 0 Å². The van der Waals surface area contributed by atoms with Crippen molar-refractivity contribution in [1.82, 2.24) is 0 Å². The molecule has 3 nitrogen and oxygen atoms in total. The minimum Gasteiger partial charge on any atom is -0.478 e. The highest BCUT2D eigenvalue weighted by Gasteiger charge is 2.08. The molecule has 0 amide bonds. The van der Waals surface area contributed by atoms with Gasteiger partial charge in [-0.2, -0.15) is 5.26 Å². The van der Waals surface area contributed by atoms with E-state index < -0.39 is 5.97 Å². The van der Waals surface area contributed by atoms with Gasteiger partial charge in [0.2, 0.25) is 0 Å². The molecule has 4 heteroatoms. The number of aryl methyl sites for hydroxylation is 1. The molecule has 1 N–H and O–H groups in total. The highest BCUT2D eigenvalue weighted by atomic mass is 32.2. The Kier molecular flexibility index (Phi) is 4.44. The van der Waals surface area contributed by atoms with Crippen LogP contribution in [0.2, 0.25) is 0 Å². The molecule has 0 aliphatic heterocycles. The second-order valence-electron chi connectivity index (χ2n) is 4.34. The number of aromatic carboxylic acids is 1. The van der Waals surface area contributed by atoms with Crippen molar-refractivity contribution >= 4 is 17.7 Å². The second-order valence-corrected chi connectivity index (χ2v) is 5.36. The van der Waals surface area contributed by atoms with Crippen LogP contribution in [0.25, 0.3) is 0 Å². The third kappa shape index (κ3) is 3.19. The fraction of sp³-hybridized carbons (Fsp3) is 0.125. The Morgan fingerprint density at radius 1 is 1.30 bits per heavy atom. The second kappa shape index (κ2) is 6.27. The van der Waals surface area contributed by atoms with Crippen molar-refractivity contribution < 1.29 is 9.90 Å². The van der Waals surface area contributed by atoms with Gasteiger partial charge in [0.15, 0.2) is 0 Å². The predicted octanol–water partition coefficient (Wildman–Crippen LogP) is 3.86. The van der Waals surface area contributed by atoms with Crippen LogP contribution in [0.4, 0.5) is 0 Å². The summed E-state index contributed by atoms with van der Waals surface area (Å²) >= 11 is 1.55. The maximum Gasteiger partial charge on any atom is 0.335 e. The van der Waals surface area contributed by atoms with E-state index in [1.807, 2.05) is 31.2 Å². The van der Waals surface area contributed by atoms with Crippen LogP contribution >= 0.6 is 11.8 Å². The number of nitrogens with zero attached hydrogens (tertiary/aromatic N) is 1. The van der Waals surface area contributed by atoms with Gasteiger partial charge in [0.25, 0.3) is 0 Å². The standard InChI is InChI=1S/C16H13NO2S/c1-11-6-7-12(16(18)19)8-15(11)20-10-14-5-3-2-4-13(14)9-17/h2-8H,10H2,1H3,(H,18,19). The smallest absolute Gasteiger partial charge is 0.335 e. The van der Waals surface area contributed by atoms with Crippen molar-refractivity contribution in [1.29, 1.82) is 5.26 Å². The van der Waals surface area contributed by atoms with E-state index in [0.717, 1.165) is 16.0 Å². The summed E-state index contributed by atoms with van der Waals surface area (Å²) in [5, 5.41) is 18.1. The van der Waals surface area contributed by atoms with Crippen LogP contribution in [0.1, 0.15) is 27.0 Å². The molecule has 0 saturated heterocycles. The van der Waals surface area contributed by atoms with E-state index in [1.54, 1.807) is 30.0 Å². The van der Waals surface area contributed by atoms with Crippen molar-refractivity contribution in [3.05, 3.63) is 64.7 Å². The first-order chi connectivity index (χ1) is 9.61. The number of nitriles is 1. The number of carboxylic acids is 1.